The quantitative estimate of drug-likeness (QED) is 0.764. The Kier molecular flexibility index (Phi) is 4.05. The van der Waals surface area contributed by atoms with E-state index in [1.807, 2.05) is 0 Å². The molecule has 0 radical (unpaired) electrons. The third kappa shape index (κ3) is 1.94. The van der Waals surface area contributed by atoms with Crippen LogP contribution in [0.2, 0.25) is 0 Å². The molecular weight excluding hydrogens is 289 g/mol. The first-order valence-electron chi connectivity index (χ1n) is 7.68. The summed E-state index contributed by atoms with van der Waals surface area (Å²) in [5.74, 6) is 3.56. The maximum atomic E-state index is 5.98. The minimum absolute atomic E-state index is 0. The van der Waals surface area contributed by atoms with E-state index in [1.54, 1.807) is 5.56 Å². The van der Waals surface area contributed by atoms with Crippen LogP contribution in [0.25, 0.3) is 0 Å². The van der Waals surface area contributed by atoms with Gasteiger partial charge in [0.15, 0.2) is 0 Å². The minimum atomic E-state index is 0. The second-order valence-electron chi connectivity index (χ2n) is 6.71. The predicted molar refractivity (Wildman–Crippen MR) is 86.8 cm³/mol. The summed E-state index contributed by atoms with van der Waals surface area (Å²) in [4.78, 5) is 2.62. The number of rotatable bonds is 3. The molecule has 1 nitrogen and oxygen atoms in total. The van der Waals surface area contributed by atoms with Crippen molar-refractivity contribution in [1.29, 1.82) is 0 Å². The summed E-state index contributed by atoms with van der Waals surface area (Å²) in [7, 11) is 0. The zero-order valence-corrected chi connectivity index (χ0v) is 13.4. The Hall–Kier alpha value is -0.240. The van der Waals surface area contributed by atoms with Crippen molar-refractivity contribution in [2.45, 2.75) is 24.7 Å². The molecule has 110 valence electrons. The van der Waals surface area contributed by atoms with Gasteiger partial charge in [0.2, 0.25) is 0 Å². The fraction of sp³-hybridized carbons (Fsp3) is 0.647. The van der Waals surface area contributed by atoms with E-state index in [4.69, 9.17) is 11.6 Å². The van der Waals surface area contributed by atoms with Crippen LogP contribution in [-0.4, -0.2) is 30.4 Å². The van der Waals surface area contributed by atoms with Crippen molar-refractivity contribution in [3.8, 4) is 0 Å². The fourth-order valence-corrected chi connectivity index (χ4v) is 5.66. The highest BCUT2D eigenvalue weighted by Crippen LogP contribution is 2.63. The van der Waals surface area contributed by atoms with Crippen molar-refractivity contribution in [3.63, 3.8) is 0 Å². The first kappa shape index (κ1) is 14.7. The molecule has 1 aromatic carbocycles. The van der Waals surface area contributed by atoms with Gasteiger partial charge in [-0.25, -0.2) is 0 Å². The topological polar surface area (TPSA) is 3.24 Å². The molecule has 1 saturated heterocycles. The lowest BCUT2D eigenvalue weighted by Gasteiger charge is -2.39. The largest absolute Gasteiger partial charge is 0.301 e. The summed E-state index contributed by atoms with van der Waals surface area (Å²) >= 11 is 5.98. The molecule has 1 heterocycles. The normalized spacial score (nSPS) is 38.8. The van der Waals surface area contributed by atoms with Crippen LogP contribution in [0.5, 0.6) is 0 Å². The average Bonchev–Trinajstić information content (AvgIpc) is 3.10. The van der Waals surface area contributed by atoms with Gasteiger partial charge in [-0.1, -0.05) is 30.3 Å². The van der Waals surface area contributed by atoms with Crippen LogP contribution in [0.1, 0.15) is 24.8 Å². The van der Waals surface area contributed by atoms with E-state index in [0.717, 1.165) is 30.2 Å². The van der Waals surface area contributed by atoms with E-state index in [0.29, 0.717) is 5.41 Å². The third-order valence-electron chi connectivity index (χ3n) is 6.08. The molecule has 2 bridgehead atoms. The van der Waals surface area contributed by atoms with Crippen LogP contribution in [0, 0.1) is 17.8 Å². The van der Waals surface area contributed by atoms with Gasteiger partial charge in [-0.3, -0.25) is 0 Å². The second-order valence-corrected chi connectivity index (χ2v) is 7.09. The number of nitrogens with zero attached hydrogens (tertiary/aromatic N) is 1. The summed E-state index contributed by atoms with van der Waals surface area (Å²) in [5.41, 5.74) is 2.06. The lowest BCUT2D eigenvalue weighted by atomic mass is 9.64. The summed E-state index contributed by atoms with van der Waals surface area (Å²) in [5, 5.41) is 0. The fourth-order valence-electron chi connectivity index (χ4n) is 5.42. The van der Waals surface area contributed by atoms with Gasteiger partial charge in [-0.05, 0) is 42.6 Å². The minimum Gasteiger partial charge on any atom is -0.301 e. The molecule has 4 rings (SSSR count). The van der Waals surface area contributed by atoms with Crippen molar-refractivity contribution in [3.05, 3.63) is 35.9 Å². The molecule has 2 aliphatic carbocycles. The van der Waals surface area contributed by atoms with Gasteiger partial charge in [0, 0.05) is 30.9 Å². The molecule has 0 aromatic heterocycles. The van der Waals surface area contributed by atoms with E-state index in [9.17, 15) is 0 Å². The average molecular weight is 312 g/mol. The summed E-state index contributed by atoms with van der Waals surface area (Å²) in [6.45, 7) is 3.59. The van der Waals surface area contributed by atoms with Crippen molar-refractivity contribution in [2.75, 3.05) is 25.5 Å². The van der Waals surface area contributed by atoms with E-state index >= 15 is 0 Å². The standard InChI is InChI=1S/C17H22ClN.ClH/c18-8-9-19-11-16-13-6-7-15(10-13)17(16,12-19)14-4-2-1-3-5-14;/h1-5,13,15-16H,6-12H2;1H/t13-,15+,16-,17-;/m0./s1. The highest BCUT2D eigenvalue weighted by Gasteiger charge is 2.62. The van der Waals surface area contributed by atoms with Gasteiger partial charge in [-0.15, -0.1) is 24.0 Å². The lowest BCUT2D eigenvalue weighted by Crippen LogP contribution is -2.40. The summed E-state index contributed by atoms with van der Waals surface area (Å²) in [6.07, 6.45) is 4.40. The summed E-state index contributed by atoms with van der Waals surface area (Å²) in [6, 6.07) is 11.3. The van der Waals surface area contributed by atoms with Crippen LogP contribution in [0.15, 0.2) is 30.3 Å². The SMILES string of the molecule is Cl.ClCCN1C[C@H]2[C@H]3CC[C@H](C3)[C@@]2(c2ccccc2)C1. The number of alkyl halides is 1. The highest BCUT2D eigenvalue weighted by molar-refractivity contribution is 6.18. The predicted octanol–water partition coefficient (Wildman–Crippen LogP) is 3.95. The number of hydrogen-bond acceptors (Lipinski definition) is 1. The van der Waals surface area contributed by atoms with Gasteiger partial charge in [-0.2, -0.15) is 0 Å². The number of fused-ring (bicyclic) bond motifs is 5. The Labute approximate surface area is 133 Å². The van der Waals surface area contributed by atoms with Crippen molar-refractivity contribution in [1.82, 2.24) is 4.90 Å². The number of likely N-dealkylation sites (tertiary alicyclic amines) is 1. The Morgan fingerprint density at radius 3 is 2.75 bits per heavy atom. The van der Waals surface area contributed by atoms with Gasteiger partial charge in [0.1, 0.15) is 0 Å². The Balaban J connectivity index is 0.00000121. The monoisotopic (exact) mass is 311 g/mol. The van der Waals surface area contributed by atoms with Gasteiger partial charge >= 0.3 is 0 Å². The van der Waals surface area contributed by atoms with Crippen molar-refractivity contribution < 1.29 is 0 Å². The smallest absolute Gasteiger partial charge is 0.0351 e. The van der Waals surface area contributed by atoms with E-state index in [1.165, 1.54) is 32.4 Å². The van der Waals surface area contributed by atoms with Crippen molar-refractivity contribution in [2.24, 2.45) is 17.8 Å². The highest BCUT2D eigenvalue weighted by atomic mass is 35.5. The van der Waals surface area contributed by atoms with Gasteiger partial charge in [0.25, 0.3) is 0 Å². The molecule has 0 unspecified atom stereocenters. The maximum Gasteiger partial charge on any atom is 0.0351 e. The van der Waals surface area contributed by atoms with Crippen LogP contribution in [0.4, 0.5) is 0 Å². The molecule has 0 amide bonds. The molecule has 1 aromatic rings. The lowest BCUT2D eigenvalue weighted by molar-refractivity contribution is 0.222. The summed E-state index contributed by atoms with van der Waals surface area (Å²) < 4.78 is 0. The van der Waals surface area contributed by atoms with Crippen LogP contribution in [0.3, 0.4) is 0 Å². The van der Waals surface area contributed by atoms with Crippen LogP contribution in [-0.2, 0) is 5.41 Å². The molecule has 0 N–H and O–H groups in total. The van der Waals surface area contributed by atoms with E-state index in [-0.39, 0.29) is 12.4 Å². The zero-order chi connectivity index (χ0) is 12.9. The zero-order valence-electron chi connectivity index (χ0n) is 11.8. The number of hydrogen-bond donors (Lipinski definition) is 0. The maximum absolute atomic E-state index is 5.98. The Bertz CT molecular complexity index is 463. The first-order chi connectivity index (χ1) is 9.34. The molecule has 20 heavy (non-hydrogen) atoms. The molecule has 3 heteroatoms. The van der Waals surface area contributed by atoms with E-state index in [2.05, 4.69) is 35.2 Å². The molecular formula is C17H23Cl2N. The third-order valence-corrected chi connectivity index (χ3v) is 6.25. The van der Waals surface area contributed by atoms with Crippen LogP contribution >= 0.6 is 24.0 Å². The van der Waals surface area contributed by atoms with Gasteiger partial charge in [0.05, 0.1) is 0 Å². The van der Waals surface area contributed by atoms with Gasteiger partial charge < -0.3 is 4.90 Å². The molecule has 0 spiro atoms. The molecule has 3 aliphatic rings. The number of halogens is 2. The molecule has 1 aliphatic heterocycles. The number of benzene rings is 1. The molecule has 3 fully saturated rings. The Morgan fingerprint density at radius 2 is 2.00 bits per heavy atom. The first-order valence-corrected chi connectivity index (χ1v) is 8.22. The van der Waals surface area contributed by atoms with Crippen molar-refractivity contribution >= 4 is 24.0 Å². The second kappa shape index (κ2) is 5.51. The Morgan fingerprint density at radius 1 is 1.20 bits per heavy atom. The van der Waals surface area contributed by atoms with Crippen LogP contribution < -0.4 is 0 Å². The van der Waals surface area contributed by atoms with E-state index < -0.39 is 0 Å². The molecule has 2 saturated carbocycles. The molecule has 4 atom stereocenters.